The normalized spacial score (nSPS) is 10.4. The Morgan fingerprint density at radius 3 is 2.41 bits per heavy atom. The van der Waals surface area contributed by atoms with Crippen LogP contribution in [0.15, 0.2) is 46.9 Å². The number of nitrogens with zero attached hydrogens (tertiary/aromatic N) is 1. The molecule has 0 heterocycles. The number of nitrogens with one attached hydrogen (secondary N) is 1. The van der Waals surface area contributed by atoms with E-state index in [2.05, 4.69) is 35.1 Å². The molecule has 27 heavy (non-hydrogen) atoms. The highest BCUT2D eigenvalue weighted by molar-refractivity contribution is 9.10. The molecule has 2 aromatic rings. The first kappa shape index (κ1) is 21.0. The fourth-order valence-electron chi connectivity index (χ4n) is 2.82. The molecule has 2 aromatic carbocycles. The van der Waals surface area contributed by atoms with Crippen LogP contribution in [0, 0.1) is 0 Å². The van der Waals surface area contributed by atoms with E-state index in [9.17, 15) is 9.59 Å². The SMILES string of the molecule is CCCN(CCC)C(=O)c1cccc(NC(=O)c2cc(Br)ccc2OC)c1. The Kier molecular flexibility index (Phi) is 7.85. The van der Waals surface area contributed by atoms with Crippen molar-refractivity contribution >= 4 is 33.4 Å². The monoisotopic (exact) mass is 432 g/mol. The van der Waals surface area contributed by atoms with Crippen LogP contribution in [-0.4, -0.2) is 36.9 Å². The van der Waals surface area contributed by atoms with Crippen LogP contribution in [0.2, 0.25) is 0 Å². The van der Waals surface area contributed by atoms with Gasteiger partial charge in [0.05, 0.1) is 12.7 Å². The van der Waals surface area contributed by atoms with Crippen LogP contribution in [0.1, 0.15) is 47.4 Å². The molecule has 0 fully saturated rings. The predicted molar refractivity (Wildman–Crippen MR) is 112 cm³/mol. The average Bonchev–Trinajstić information content (AvgIpc) is 2.67. The van der Waals surface area contributed by atoms with Crippen LogP contribution >= 0.6 is 15.9 Å². The fourth-order valence-corrected chi connectivity index (χ4v) is 3.18. The van der Waals surface area contributed by atoms with Crippen molar-refractivity contribution in [3.63, 3.8) is 0 Å². The summed E-state index contributed by atoms with van der Waals surface area (Å²) in [7, 11) is 1.52. The molecule has 6 heteroatoms. The van der Waals surface area contributed by atoms with Crippen LogP contribution < -0.4 is 10.1 Å². The van der Waals surface area contributed by atoms with Gasteiger partial charge in [0.1, 0.15) is 5.75 Å². The van der Waals surface area contributed by atoms with Gasteiger partial charge in [0, 0.05) is 28.8 Å². The van der Waals surface area contributed by atoms with E-state index in [1.165, 1.54) is 7.11 Å². The van der Waals surface area contributed by atoms with Crippen molar-refractivity contribution in [2.24, 2.45) is 0 Å². The minimum Gasteiger partial charge on any atom is -0.496 e. The molecule has 0 aliphatic carbocycles. The summed E-state index contributed by atoms with van der Waals surface area (Å²) < 4.78 is 6.05. The Morgan fingerprint density at radius 2 is 1.78 bits per heavy atom. The van der Waals surface area contributed by atoms with E-state index in [1.807, 2.05) is 11.0 Å². The molecule has 0 unspecified atom stereocenters. The van der Waals surface area contributed by atoms with Gasteiger partial charge in [0.15, 0.2) is 0 Å². The number of carbonyl (C=O) groups is 2. The summed E-state index contributed by atoms with van der Waals surface area (Å²) in [6.07, 6.45) is 1.82. The Hall–Kier alpha value is -2.34. The van der Waals surface area contributed by atoms with Gasteiger partial charge in [-0.25, -0.2) is 0 Å². The largest absolute Gasteiger partial charge is 0.496 e. The molecule has 0 spiro atoms. The Balaban J connectivity index is 2.21. The third-order valence-corrected chi connectivity index (χ3v) is 4.54. The standard InChI is InChI=1S/C21H25BrN2O3/c1-4-11-24(12-5-2)21(26)15-7-6-8-17(13-15)23-20(25)18-14-16(22)9-10-19(18)27-3/h6-10,13-14H,4-5,11-12H2,1-3H3,(H,23,25). The van der Waals surface area contributed by atoms with E-state index >= 15 is 0 Å². The number of anilines is 1. The fraction of sp³-hybridized carbons (Fsp3) is 0.333. The summed E-state index contributed by atoms with van der Waals surface area (Å²) in [5.74, 6) is 0.173. The smallest absolute Gasteiger partial charge is 0.259 e. The number of amides is 2. The third-order valence-electron chi connectivity index (χ3n) is 4.05. The minimum atomic E-state index is -0.295. The van der Waals surface area contributed by atoms with E-state index < -0.39 is 0 Å². The molecular formula is C21H25BrN2O3. The highest BCUT2D eigenvalue weighted by atomic mass is 79.9. The maximum absolute atomic E-state index is 12.8. The van der Waals surface area contributed by atoms with Gasteiger partial charge < -0.3 is 15.0 Å². The topological polar surface area (TPSA) is 58.6 Å². The van der Waals surface area contributed by atoms with Gasteiger partial charge >= 0.3 is 0 Å². The second-order valence-electron chi connectivity index (χ2n) is 6.17. The molecule has 2 rings (SSSR count). The zero-order valence-electron chi connectivity index (χ0n) is 15.9. The van der Waals surface area contributed by atoms with E-state index in [4.69, 9.17) is 4.74 Å². The highest BCUT2D eigenvalue weighted by Crippen LogP contribution is 2.24. The van der Waals surface area contributed by atoms with Gasteiger partial charge in [-0.1, -0.05) is 35.8 Å². The number of methoxy groups -OCH3 is 1. The predicted octanol–water partition coefficient (Wildman–Crippen LogP) is 4.97. The average molecular weight is 433 g/mol. The Labute approximate surface area is 168 Å². The first-order valence-electron chi connectivity index (χ1n) is 9.04. The van der Waals surface area contributed by atoms with Crippen LogP contribution in [0.25, 0.3) is 0 Å². The molecule has 0 aromatic heterocycles. The zero-order chi connectivity index (χ0) is 19.8. The van der Waals surface area contributed by atoms with Crippen molar-refractivity contribution in [2.75, 3.05) is 25.5 Å². The van der Waals surface area contributed by atoms with Crippen molar-refractivity contribution < 1.29 is 14.3 Å². The van der Waals surface area contributed by atoms with Gasteiger partial charge in [0.25, 0.3) is 11.8 Å². The second-order valence-corrected chi connectivity index (χ2v) is 7.09. The lowest BCUT2D eigenvalue weighted by molar-refractivity contribution is 0.0755. The quantitative estimate of drug-likeness (QED) is 0.640. The molecular weight excluding hydrogens is 408 g/mol. The Morgan fingerprint density at radius 1 is 1.07 bits per heavy atom. The third kappa shape index (κ3) is 5.57. The van der Waals surface area contributed by atoms with E-state index in [-0.39, 0.29) is 11.8 Å². The van der Waals surface area contributed by atoms with Crippen LogP contribution in [0.3, 0.4) is 0 Å². The van der Waals surface area contributed by atoms with Crippen LogP contribution in [-0.2, 0) is 0 Å². The van der Waals surface area contributed by atoms with Crippen LogP contribution in [0.5, 0.6) is 5.75 Å². The summed E-state index contributed by atoms with van der Waals surface area (Å²) >= 11 is 3.37. The van der Waals surface area contributed by atoms with Crippen molar-refractivity contribution in [3.05, 3.63) is 58.1 Å². The van der Waals surface area contributed by atoms with Gasteiger partial charge in [0.2, 0.25) is 0 Å². The van der Waals surface area contributed by atoms with Gasteiger partial charge in [-0.3, -0.25) is 9.59 Å². The maximum atomic E-state index is 12.8. The van der Waals surface area contributed by atoms with Crippen molar-refractivity contribution in [1.82, 2.24) is 4.90 Å². The molecule has 0 atom stereocenters. The lowest BCUT2D eigenvalue weighted by Gasteiger charge is -2.21. The van der Waals surface area contributed by atoms with Gasteiger partial charge in [-0.2, -0.15) is 0 Å². The maximum Gasteiger partial charge on any atom is 0.259 e. The molecule has 2 amide bonds. The first-order valence-corrected chi connectivity index (χ1v) is 9.83. The number of rotatable bonds is 8. The Bertz CT molecular complexity index is 802. The van der Waals surface area contributed by atoms with E-state index in [1.54, 1.807) is 36.4 Å². The lowest BCUT2D eigenvalue weighted by Crippen LogP contribution is -2.32. The highest BCUT2D eigenvalue weighted by Gasteiger charge is 2.16. The molecule has 0 saturated carbocycles. The molecule has 0 aliphatic heterocycles. The number of hydrogen-bond acceptors (Lipinski definition) is 3. The number of hydrogen-bond donors (Lipinski definition) is 1. The molecule has 5 nitrogen and oxygen atoms in total. The number of carbonyl (C=O) groups excluding carboxylic acids is 2. The summed E-state index contributed by atoms with van der Waals surface area (Å²) in [6.45, 7) is 5.55. The summed E-state index contributed by atoms with van der Waals surface area (Å²) in [6, 6.07) is 12.3. The number of benzene rings is 2. The first-order chi connectivity index (χ1) is 13.0. The van der Waals surface area contributed by atoms with Crippen molar-refractivity contribution in [3.8, 4) is 5.75 Å². The number of halogens is 1. The molecule has 0 bridgehead atoms. The van der Waals surface area contributed by atoms with Gasteiger partial charge in [-0.05, 0) is 49.2 Å². The second kappa shape index (κ2) is 10.1. The zero-order valence-corrected chi connectivity index (χ0v) is 17.5. The molecule has 144 valence electrons. The molecule has 0 aliphatic rings. The summed E-state index contributed by atoms with van der Waals surface area (Å²) in [5, 5.41) is 2.85. The molecule has 0 radical (unpaired) electrons. The van der Waals surface area contributed by atoms with E-state index in [0.29, 0.717) is 22.6 Å². The molecule has 1 N–H and O–H groups in total. The molecule has 0 saturated heterocycles. The van der Waals surface area contributed by atoms with Gasteiger partial charge in [-0.15, -0.1) is 0 Å². The summed E-state index contributed by atoms with van der Waals surface area (Å²) in [4.78, 5) is 27.3. The van der Waals surface area contributed by atoms with Crippen molar-refractivity contribution in [1.29, 1.82) is 0 Å². The number of ether oxygens (including phenoxy) is 1. The van der Waals surface area contributed by atoms with Crippen LogP contribution in [0.4, 0.5) is 5.69 Å². The lowest BCUT2D eigenvalue weighted by atomic mass is 10.1. The summed E-state index contributed by atoms with van der Waals surface area (Å²) in [5.41, 5.74) is 1.55. The van der Waals surface area contributed by atoms with Crippen molar-refractivity contribution in [2.45, 2.75) is 26.7 Å². The minimum absolute atomic E-state index is 0.0187. The van der Waals surface area contributed by atoms with E-state index in [0.717, 1.165) is 30.4 Å².